The van der Waals surface area contributed by atoms with Crippen LogP contribution in [0.5, 0.6) is 0 Å². The number of nitrogens with zero attached hydrogens (tertiary/aromatic N) is 3. The van der Waals surface area contributed by atoms with Gasteiger partial charge in [0.1, 0.15) is 5.82 Å². The van der Waals surface area contributed by atoms with E-state index in [1.54, 1.807) is 12.1 Å². The van der Waals surface area contributed by atoms with Crippen molar-refractivity contribution in [2.45, 2.75) is 24.5 Å². The Kier molecular flexibility index (Phi) is 8.19. The minimum atomic E-state index is -3.21. The van der Waals surface area contributed by atoms with Crippen LogP contribution in [0.1, 0.15) is 25.9 Å². The minimum absolute atomic E-state index is 0.00934. The summed E-state index contributed by atoms with van der Waals surface area (Å²) in [5.74, 6) is 1.09. The monoisotopic (exact) mass is 476 g/mol. The molecule has 0 fully saturated rings. The molecule has 10 heteroatoms. The van der Waals surface area contributed by atoms with Crippen molar-refractivity contribution in [3.05, 3.63) is 76.3 Å². The first-order valence-corrected chi connectivity index (χ1v) is 13.3. The standard InChI is InChI=1S/C21H24N4O3S3/c1-3-13-25-20(14-16-7-5-4-6-8-16)23-24-21(25)29-15-18(26)19-10-9-17(30-19)11-12-22-31(2,27)28/h3-10,22H,1,11-15H2,2H3. The highest BCUT2D eigenvalue weighted by Crippen LogP contribution is 2.23. The normalized spacial score (nSPS) is 11.5. The lowest BCUT2D eigenvalue weighted by atomic mass is 10.1. The summed E-state index contributed by atoms with van der Waals surface area (Å²) in [5.41, 5.74) is 1.14. The van der Waals surface area contributed by atoms with Gasteiger partial charge in [-0.2, -0.15) is 0 Å². The summed E-state index contributed by atoms with van der Waals surface area (Å²) in [4.78, 5) is 14.2. The van der Waals surface area contributed by atoms with Crippen molar-refractivity contribution in [2.24, 2.45) is 0 Å². The number of hydrogen-bond donors (Lipinski definition) is 1. The Bertz CT molecular complexity index is 1140. The van der Waals surface area contributed by atoms with Gasteiger partial charge in [0.05, 0.1) is 16.9 Å². The van der Waals surface area contributed by atoms with Crippen LogP contribution >= 0.6 is 23.1 Å². The number of allylic oxidation sites excluding steroid dienone is 1. The summed E-state index contributed by atoms with van der Waals surface area (Å²) in [6.07, 6.45) is 4.13. The predicted molar refractivity (Wildman–Crippen MR) is 125 cm³/mol. The second-order valence-corrected chi connectivity index (χ2v) is 10.8. The molecule has 0 aliphatic heterocycles. The summed E-state index contributed by atoms with van der Waals surface area (Å²) >= 11 is 2.75. The maximum absolute atomic E-state index is 12.6. The van der Waals surface area contributed by atoms with Crippen molar-refractivity contribution < 1.29 is 13.2 Å². The van der Waals surface area contributed by atoms with Crippen LogP contribution in [0.4, 0.5) is 0 Å². The van der Waals surface area contributed by atoms with E-state index in [2.05, 4.69) is 21.5 Å². The van der Waals surface area contributed by atoms with Gasteiger partial charge in [-0.05, 0) is 24.1 Å². The number of rotatable bonds is 12. The van der Waals surface area contributed by atoms with E-state index in [9.17, 15) is 13.2 Å². The van der Waals surface area contributed by atoms with E-state index in [0.29, 0.717) is 36.0 Å². The molecule has 0 aliphatic carbocycles. The summed E-state index contributed by atoms with van der Waals surface area (Å²) in [7, 11) is -3.21. The molecule has 0 aliphatic rings. The molecule has 31 heavy (non-hydrogen) atoms. The number of carbonyl (C=O) groups is 1. The number of Topliss-reactive ketones (excluding diaryl/α,β-unsaturated/α-hetero) is 1. The van der Waals surface area contributed by atoms with Crippen LogP contribution in [-0.2, 0) is 29.4 Å². The maximum atomic E-state index is 12.6. The molecule has 0 bridgehead atoms. The predicted octanol–water partition coefficient (Wildman–Crippen LogP) is 3.18. The van der Waals surface area contributed by atoms with E-state index < -0.39 is 10.0 Å². The SMILES string of the molecule is C=CCn1c(Cc2ccccc2)nnc1SCC(=O)c1ccc(CCNS(C)(=O)=O)s1. The molecule has 0 spiro atoms. The zero-order valence-corrected chi connectivity index (χ0v) is 19.6. The van der Waals surface area contributed by atoms with Crippen LogP contribution in [0.25, 0.3) is 0 Å². The molecule has 0 unspecified atom stereocenters. The van der Waals surface area contributed by atoms with Gasteiger partial charge in [-0.1, -0.05) is 48.2 Å². The van der Waals surface area contributed by atoms with Gasteiger partial charge in [0.15, 0.2) is 10.9 Å². The molecule has 1 aromatic carbocycles. The van der Waals surface area contributed by atoms with E-state index in [1.807, 2.05) is 41.0 Å². The van der Waals surface area contributed by atoms with Crippen molar-refractivity contribution >= 4 is 38.9 Å². The fourth-order valence-electron chi connectivity index (χ4n) is 2.87. The molecule has 0 amide bonds. The molecule has 0 atom stereocenters. The Balaban J connectivity index is 1.60. The average molecular weight is 477 g/mol. The number of benzene rings is 1. The molecule has 7 nitrogen and oxygen atoms in total. The van der Waals surface area contributed by atoms with Gasteiger partial charge in [-0.3, -0.25) is 4.79 Å². The van der Waals surface area contributed by atoms with Crippen molar-refractivity contribution in [3.63, 3.8) is 0 Å². The summed E-state index contributed by atoms with van der Waals surface area (Å²) in [5, 5.41) is 9.29. The Morgan fingerprint density at radius 2 is 2.00 bits per heavy atom. The van der Waals surface area contributed by atoms with E-state index >= 15 is 0 Å². The summed E-state index contributed by atoms with van der Waals surface area (Å²) in [6.45, 7) is 4.70. The number of ketones is 1. The molecule has 0 radical (unpaired) electrons. The molecule has 2 heterocycles. The fourth-order valence-corrected chi connectivity index (χ4v) is 5.23. The van der Waals surface area contributed by atoms with E-state index in [-0.39, 0.29) is 11.5 Å². The van der Waals surface area contributed by atoms with Gasteiger partial charge in [0.2, 0.25) is 10.0 Å². The average Bonchev–Trinajstić information content (AvgIpc) is 3.34. The number of carbonyl (C=O) groups excluding carboxylic acids is 1. The molecule has 3 rings (SSSR count). The van der Waals surface area contributed by atoms with Crippen molar-refractivity contribution in [2.75, 3.05) is 18.6 Å². The van der Waals surface area contributed by atoms with Crippen LogP contribution in [0.2, 0.25) is 0 Å². The quantitative estimate of drug-likeness (QED) is 0.245. The van der Waals surface area contributed by atoms with Crippen molar-refractivity contribution in [1.29, 1.82) is 0 Å². The second-order valence-electron chi connectivity index (χ2n) is 6.85. The maximum Gasteiger partial charge on any atom is 0.208 e. The van der Waals surface area contributed by atoms with E-state index in [0.717, 1.165) is 22.5 Å². The lowest BCUT2D eigenvalue weighted by Crippen LogP contribution is -2.23. The van der Waals surface area contributed by atoms with Crippen LogP contribution < -0.4 is 4.72 Å². The Labute approximate surface area is 190 Å². The number of thioether (sulfide) groups is 1. The molecular formula is C21H24N4O3S3. The molecule has 0 saturated carbocycles. The lowest BCUT2D eigenvalue weighted by Gasteiger charge is -2.07. The molecule has 164 valence electrons. The number of sulfonamides is 1. The first kappa shape index (κ1) is 23.4. The topological polar surface area (TPSA) is 93.9 Å². The van der Waals surface area contributed by atoms with Crippen LogP contribution in [0.15, 0.2) is 60.3 Å². The van der Waals surface area contributed by atoms with Crippen LogP contribution in [0.3, 0.4) is 0 Å². The van der Waals surface area contributed by atoms with E-state index in [1.165, 1.54) is 23.1 Å². The minimum Gasteiger partial charge on any atom is -0.302 e. The van der Waals surface area contributed by atoms with Gasteiger partial charge in [0.25, 0.3) is 0 Å². The largest absolute Gasteiger partial charge is 0.302 e. The highest BCUT2D eigenvalue weighted by molar-refractivity contribution is 7.99. The van der Waals surface area contributed by atoms with Gasteiger partial charge in [0, 0.05) is 24.4 Å². The number of thiophene rings is 1. The lowest BCUT2D eigenvalue weighted by molar-refractivity contribution is 0.102. The molecule has 1 N–H and O–H groups in total. The van der Waals surface area contributed by atoms with Crippen molar-refractivity contribution in [3.8, 4) is 0 Å². The first-order valence-electron chi connectivity index (χ1n) is 9.62. The highest BCUT2D eigenvalue weighted by Gasteiger charge is 2.16. The van der Waals surface area contributed by atoms with Crippen molar-refractivity contribution in [1.82, 2.24) is 19.5 Å². The second kappa shape index (κ2) is 10.9. The molecule has 3 aromatic rings. The van der Waals surface area contributed by atoms with Crippen LogP contribution in [0, 0.1) is 0 Å². The van der Waals surface area contributed by atoms with Gasteiger partial charge in [-0.15, -0.1) is 28.1 Å². The Morgan fingerprint density at radius 1 is 1.23 bits per heavy atom. The summed E-state index contributed by atoms with van der Waals surface area (Å²) < 4.78 is 26.7. The van der Waals surface area contributed by atoms with E-state index in [4.69, 9.17) is 0 Å². The number of aromatic nitrogens is 3. The molecular weight excluding hydrogens is 452 g/mol. The molecule has 2 aromatic heterocycles. The number of nitrogens with one attached hydrogen (secondary N) is 1. The molecule has 0 saturated heterocycles. The van der Waals surface area contributed by atoms with Gasteiger partial charge in [-0.25, -0.2) is 13.1 Å². The van der Waals surface area contributed by atoms with Gasteiger partial charge < -0.3 is 4.57 Å². The third kappa shape index (κ3) is 7.13. The smallest absolute Gasteiger partial charge is 0.208 e. The summed E-state index contributed by atoms with van der Waals surface area (Å²) in [6, 6.07) is 13.7. The van der Waals surface area contributed by atoms with Gasteiger partial charge >= 0.3 is 0 Å². The van der Waals surface area contributed by atoms with Crippen LogP contribution in [-0.4, -0.2) is 47.5 Å². The number of hydrogen-bond acceptors (Lipinski definition) is 7. The third-order valence-corrected chi connectivity index (χ3v) is 7.20. The zero-order chi connectivity index (χ0) is 22.3. The fraction of sp³-hybridized carbons (Fsp3) is 0.286. The highest BCUT2D eigenvalue weighted by atomic mass is 32.2. The first-order chi connectivity index (χ1) is 14.9. The Hall–Kier alpha value is -2.27. The third-order valence-electron chi connectivity index (χ3n) is 4.31. The Morgan fingerprint density at radius 3 is 2.71 bits per heavy atom. The zero-order valence-electron chi connectivity index (χ0n) is 17.2.